The Morgan fingerprint density at radius 1 is 1.32 bits per heavy atom. The number of nitrogens with one attached hydrogen (secondary N) is 1. The van der Waals surface area contributed by atoms with Gasteiger partial charge in [0.15, 0.2) is 0 Å². The normalized spacial score (nSPS) is 12.0. The monoisotopic (exact) mass is 273 g/mol. The van der Waals surface area contributed by atoms with E-state index in [2.05, 4.69) is 10.1 Å². The van der Waals surface area contributed by atoms with Gasteiger partial charge in [0, 0.05) is 13.3 Å². The van der Waals surface area contributed by atoms with Crippen molar-refractivity contribution in [3.63, 3.8) is 0 Å². The molecule has 0 saturated carbocycles. The molecule has 0 aliphatic heterocycles. The fourth-order valence-electron chi connectivity index (χ4n) is 1.49. The van der Waals surface area contributed by atoms with Crippen LogP contribution in [0.4, 0.5) is 8.78 Å². The molecule has 1 atom stereocenters. The van der Waals surface area contributed by atoms with Gasteiger partial charge in [0.25, 0.3) is 0 Å². The van der Waals surface area contributed by atoms with E-state index in [1.54, 1.807) is 0 Å². The van der Waals surface area contributed by atoms with Gasteiger partial charge in [-0.25, -0.2) is 4.79 Å². The summed E-state index contributed by atoms with van der Waals surface area (Å²) in [6.45, 7) is -1.69. The molecule has 0 bridgehead atoms. The molecule has 0 unspecified atom stereocenters. The number of amides is 1. The number of benzene rings is 1. The molecule has 0 radical (unpaired) electrons. The first-order chi connectivity index (χ1) is 8.88. The highest BCUT2D eigenvalue weighted by Gasteiger charge is 2.18. The van der Waals surface area contributed by atoms with Crippen LogP contribution in [-0.2, 0) is 16.0 Å². The second-order valence-corrected chi connectivity index (χ2v) is 3.82. The van der Waals surface area contributed by atoms with Crippen molar-refractivity contribution in [2.24, 2.45) is 0 Å². The number of hydrogen-bond donors (Lipinski definition) is 2. The van der Waals surface area contributed by atoms with E-state index in [4.69, 9.17) is 5.11 Å². The highest BCUT2D eigenvalue weighted by atomic mass is 19.3. The average molecular weight is 273 g/mol. The van der Waals surface area contributed by atoms with Gasteiger partial charge < -0.3 is 15.2 Å². The van der Waals surface area contributed by atoms with Crippen LogP contribution in [0.1, 0.15) is 12.5 Å². The third-order valence-electron chi connectivity index (χ3n) is 2.26. The summed E-state index contributed by atoms with van der Waals surface area (Å²) < 4.78 is 28.0. The van der Waals surface area contributed by atoms with Crippen molar-refractivity contribution in [1.82, 2.24) is 5.32 Å². The highest BCUT2D eigenvalue weighted by molar-refractivity contribution is 5.82. The standard InChI is InChI=1S/C12H13F2NO4/c1-7(16)15-10(11(17)18)6-8-2-4-9(5-3-8)19-12(13)14/h2-5,10,12H,6H2,1H3,(H,15,16)(H,17,18)/t10-/m1/s1. The van der Waals surface area contributed by atoms with Crippen LogP contribution in [0.25, 0.3) is 0 Å². The Balaban J connectivity index is 2.69. The van der Waals surface area contributed by atoms with Crippen LogP contribution in [0.15, 0.2) is 24.3 Å². The van der Waals surface area contributed by atoms with E-state index in [-0.39, 0.29) is 12.2 Å². The summed E-state index contributed by atoms with van der Waals surface area (Å²) in [5, 5.41) is 11.2. The van der Waals surface area contributed by atoms with E-state index in [0.29, 0.717) is 5.56 Å². The van der Waals surface area contributed by atoms with Crippen molar-refractivity contribution in [1.29, 1.82) is 0 Å². The molecule has 0 fully saturated rings. The van der Waals surface area contributed by atoms with Gasteiger partial charge >= 0.3 is 12.6 Å². The van der Waals surface area contributed by atoms with E-state index in [1.165, 1.54) is 31.2 Å². The van der Waals surface area contributed by atoms with Crippen LogP contribution < -0.4 is 10.1 Å². The van der Waals surface area contributed by atoms with Crippen LogP contribution in [-0.4, -0.2) is 29.6 Å². The van der Waals surface area contributed by atoms with Gasteiger partial charge in [-0.15, -0.1) is 0 Å². The van der Waals surface area contributed by atoms with Gasteiger partial charge in [-0.3, -0.25) is 4.79 Å². The number of alkyl halides is 2. The molecule has 0 aromatic heterocycles. The number of aliphatic carboxylic acids is 1. The first kappa shape index (κ1) is 14.9. The SMILES string of the molecule is CC(=O)N[C@H](Cc1ccc(OC(F)F)cc1)C(=O)O. The van der Waals surface area contributed by atoms with Gasteiger partial charge in [-0.2, -0.15) is 8.78 Å². The first-order valence-electron chi connectivity index (χ1n) is 5.42. The molecule has 0 aliphatic rings. The molecule has 1 aromatic rings. The summed E-state index contributed by atoms with van der Waals surface area (Å²) in [6, 6.07) is 4.51. The molecule has 0 aliphatic carbocycles. The maximum absolute atomic E-state index is 11.9. The minimum absolute atomic E-state index is 0.00912. The van der Waals surface area contributed by atoms with Crippen LogP contribution in [0.2, 0.25) is 0 Å². The van der Waals surface area contributed by atoms with Crippen molar-refractivity contribution < 1.29 is 28.2 Å². The number of carbonyl (C=O) groups is 2. The van der Waals surface area contributed by atoms with Crippen molar-refractivity contribution in [3.8, 4) is 5.75 Å². The van der Waals surface area contributed by atoms with Crippen LogP contribution >= 0.6 is 0 Å². The Kier molecular flexibility index (Phi) is 5.23. The van der Waals surface area contributed by atoms with E-state index in [1.807, 2.05) is 0 Å². The van der Waals surface area contributed by atoms with Crippen LogP contribution in [0.5, 0.6) is 5.75 Å². The zero-order valence-corrected chi connectivity index (χ0v) is 10.1. The molecule has 0 saturated heterocycles. The van der Waals surface area contributed by atoms with Crippen molar-refractivity contribution in [2.45, 2.75) is 26.0 Å². The molecule has 5 nitrogen and oxygen atoms in total. The molecule has 19 heavy (non-hydrogen) atoms. The zero-order chi connectivity index (χ0) is 14.4. The predicted molar refractivity (Wildman–Crippen MR) is 62.0 cm³/mol. The maximum atomic E-state index is 11.9. The summed E-state index contributed by atoms with van der Waals surface area (Å²) in [5.74, 6) is -1.63. The molecule has 1 aromatic carbocycles. The molecule has 0 heterocycles. The summed E-state index contributed by atoms with van der Waals surface area (Å²) in [5.41, 5.74) is 0.586. The zero-order valence-electron chi connectivity index (χ0n) is 10.1. The minimum Gasteiger partial charge on any atom is -0.480 e. The van der Waals surface area contributed by atoms with E-state index in [9.17, 15) is 18.4 Å². The molecule has 1 amide bonds. The molecular weight excluding hydrogens is 260 g/mol. The number of carbonyl (C=O) groups excluding carboxylic acids is 1. The van der Waals surface area contributed by atoms with Crippen molar-refractivity contribution in [3.05, 3.63) is 29.8 Å². The lowest BCUT2D eigenvalue weighted by molar-refractivity contribution is -0.141. The molecular formula is C12H13F2NO4. The van der Waals surface area contributed by atoms with Gasteiger partial charge in [-0.05, 0) is 17.7 Å². The quantitative estimate of drug-likeness (QED) is 0.822. The second-order valence-electron chi connectivity index (χ2n) is 3.82. The summed E-state index contributed by atoms with van der Waals surface area (Å²) in [4.78, 5) is 21.8. The lowest BCUT2D eigenvalue weighted by Crippen LogP contribution is -2.41. The molecule has 0 spiro atoms. The average Bonchev–Trinajstić information content (AvgIpc) is 2.29. The van der Waals surface area contributed by atoms with E-state index in [0.717, 1.165) is 0 Å². The number of carboxylic acids is 1. The summed E-state index contributed by atoms with van der Waals surface area (Å²) in [7, 11) is 0. The fourth-order valence-corrected chi connectivity index (χ4v) is 1.49. The number of ether oxygens (including phenoxy) is 1. The fraction of sp³-hybridized carbons (Fsp3) is 0.333. The molecule has 1 rings (SSSR count). The second kappa shape index (κ2) is 6.67. The van der Waals surface area contributed by atoms with Crippen LogP contribution in [0.3, 0.4) is 0 Å². The maximum Gasteiger partial charge on any atom is 0.387 e. The lowest BCUT2D eigenvalue weighted by Gasteiger charge is -2.13. The molecule has 104 valence electrons. The third-order valence-corrected chi connectivity index (χ3v) is 2.26. The third kappa shape index (κ3) is 5.33. The highest BCUT2D eigenvalue weighted by Crippen LogP contribution is 2.15. The number of hydrogen-bond acceptors (Lipinski definition) is 3. The first-order valence-corrected chi connectivity index (χ1v) is 5.42. The van der Waals surface area contributed by atoms with Gasteiger partial charge in [0.1, 0.15) is 11.8 Å². The lowest BCUT2D eigenvalue weighted by atomic mass is 10.1. The Bertz CT molecular complexity index is 448. The van der Waals surface area contributed by atoms with E-state index >= 15 is 0 Å². The van der Waals surface area contributed by atoms with Crippen molar-refractivity contribution >= 4 is 11.9 Å². The summed E-state index contributed by atoms with van der Waals surface area (Å²) in [6.07, 6.45) is 0.0594. The largest absolute Gasteiger partial charge is 0.480 e. The number of rotatable bonds is 6. The number of carboxylic acid groups (broad SMARTS) is 1. The minimum atomic E-state index is -2.91. The van der Waals surface area contributed by atoms with Crippen LogP contribution in [0, 0.1) is 0 Å². The summed E-state index contributed by atoms with van der Waals surface area (Å²) >= 11 is 0. The van der Waals surface area contributed by atoms with Crippen molar-refractivity contribution in [2.75, 3.05) is 0 Å². The predicted octanol–water partition coefficient (Wildman–Crippen LogP) is 1.42. The number of halogens is 2. The Hall–Kier alpha value is -2.18. The van der Waals surface area contributed by atoms with Gasteiger partial charge in [-0.1, -0.05) is 12.1 Å². The van der Waals surface area contributed by atoms with Gasteiger partial charge in [0.05, 0.1) is 0 Å². The Labute approximate surface area is 108 Å². The molecule has 7 heteroatoms. The Morgan fingerprint density at radius 3 is 2.32 bits per heavy atom. The van der Waals surface area contributed by atoms with E-state index < -0.39 is 24.5 Å². The Morgan fingerprint density at radius 2 is 1.89 bits per heavy atom. The topological polar surface area (TPSA) is 75.6 Å². The smallest absolute Gasteiger partial charge is 0.387 e. The van der Waals surface area contributed by atoms with Gasteiger partial charge in [0.2, 0.25) is 5.91 Å². The molecule has 2 N–H and O–H groups in total.